The summed E-state index contributed by atoms with van der Waals surface area (Å²) in [6, 6.07) is 13.2. The molecule has 0 radical (unpaired) electrons. The van der Waals surface area contributed by atoms with Crippen molar-refractivity contribution >= 4 is 23.7 Å². The molecule has 31 heavy (non-hydrogen) atoms. The fraction of sp³-hybridized carbons (Fsp3) is 0.227. The minimum Gasteiger partial charge on any atom is -0.267 e. The zero-order valence-corrected chi connectivity index (χ0v) is 17.0. The Hall–Kier alpha value is -3.13. The molecule has 2 aromatic carbocycles. The van der Waals surface area contributed by atoms with Crippen LogP contribution < -0.4 is 5.43 Å². The SMILES string of the molecule is O=C(N/N=C/c1ccc(Cl)cc1)c1ccc(-n2nc(C(F)(F)F)c3c2CCCC3)cc1. The monoisotopic (exact) mass is 446 g/mol. The van der Waals surface area contributed by atoms with Gasteiger partial charge in [-0.3, -0.25) is 4.79 Å². The van der Waals surface area contributed by atoms with Crippen molar-refractivity contribution in [2.75, 3.05) is 0 Å². The van der Waals surface area contributed by atoms with Crippen LogP contribution in [0.1, 0.15) is 45.7 Å². The third kappa shape index (κ3) is 4.64. The fourth-order valence-electron chi connectivity index (χ4n) is 3.57. The molecule has 1 N–H and O–H groups in total. The van der Waals surface area contributed by atoms with E-state index < -0.39 is 17.8 Å². The van der Waals surface area contributed by atoms with Gasteiger partial charge in [-0.25, -0.2) is 10.1 Å². The molecule has 0 saturated carbocycles. The van der Waals surface area contributed by atoms with Crippen molar-refractivity contribution in [3.63, 3.8) is 0 Å². The molecule has 160 valence electrons. The molecule has 5 nitrogen and oxygen atoms in total. The molecular formula is C22H18ClF3N4O. The molecule has 0 atom stereocenters. The Bertz CT molecular complexity index is 1120. The molecule has 9 heteroatoms. The van der Waals surface area contributed by atoms with Crippen LogP contribution >= 0.6 is 11.6 Å². The summed E-state index contributed by atoms with van der Waals surface area (Å²) in [5.74, 6) is -0.435. The molecule has 0 fully saturated rings. The van der Waals surface area contributed by atoms with Gasteiger partial charge in [0.05, 0.1) is 11.9 Å². The second-order valence-electron chi connectivity index (χ2n) is 7.19. The van der Waals surface area contributed by atoms with Crippen LogP contribution in [0.3, 0.4) is 0 Å². The Morgan fingerprint density at radius 2 is 1.74 bits per heavy atom. The Labute approximate surface area is 181 Å². The summed E-state index contributed by atoms with van der Waals surface area (Å²) < 4.78 is 41.5. The second kappa shape index (κ2) is 8.55. The van der Waals surface area contributed by atoms with Crippen molar-refractivity contribution in [1.29, 1.82) is 0 Å². The Kier molecular flexibility index (Phi) is 5.82. The van der Waals surface area contributed by atoms with E-state index in [0.717, 1.165) is 18.4 Å². The van der Waals surface area contributed by atoms with Crippen LogP contribution in [0, 0.1) is 0 Å². The highest BCUT2D eigenvalue weighted by molar-refractivity contribution is 6.30. The van der Waals surface area contributed by atoms with E-state index in [1.54, 1.807) is 36.4 Å². The lowest BCUT2D eigenvalue weighted by Crippen LogP contribution is -2.17. The van der Waals surface area contributed by atoms with E-state index in [9.17, 15) is 18.0 Å². The number of rotatable bonds is 4. The number of nitrogens with one attached hydrogen (secondary N) is 1. The van der Waals surface area contributed by atoms with Crippen LogP contribution in [0.4, 0.5) is 13.2 Å². The van der Waals surface area contributed by atoms with Crippen LogP contribution in [0.5, 0.6) is 0 Å². The van der Waals surface area contributed by atoms with Crippen molar-refractivity contribution < 1.29 is 18.0 Å². The number of benzene rings is 2. The van der Waals surface area contributed by atoms with Crippen molar-refractivity contribution in [1.82, 2.24) is 15.2 Å². The number of hydrazone groups is 1. The van der Waals surface area contributed by atoms with Crippen LogP contribution in [0.2, 0.25) is 5.02 Å². The number of fused-ring (bicyclic) bond motifs is 1. The van der Waals surface area contributed by atoms with Gasteiger partial charge in [-0.1, -0.05) is 23.7 Å². The van der Waals surface area contributed by atoms with E-state index in [4.69, 9.17) is 11.6 Å². The molecule has 3 aromatic rings. The summed E-state index contributed by atoms with van der Waals surface area (Å²) in [5, 5.41) is 8.36. The maximum Gasteiger partial charge on any atom is 0.435 e. The van der Waals surface area contributed by atoms with E-state index in [1.807, 2.05) is 0 Å². The zero-order valence-electron chi connectivity index (χ0n) is 16.3. The Balaban J connectivity index is 1.51. The van der Waals surface area contributed by atoms with Gasteiger partial charge in [-0.05, 0) is 67.6 Å². The summed E-state index contributed by atoms with van der Waals surface area (Å²) in [4.78, 5) is 12.3. The predicted octanol–water partition coefficient (Wildman–Crippen LogP) is 5.19. The summed E-state index contributed by atoms with van der Waals surface area (Å²) in [6.45, 7) is 0. The van der Waals surface area contributed by atoms with Gasteiger partial charge in [-0.2, -0.15) is 23.4 Å². The van der Waals surface area contributed by atoms with E-state index >= 15 is 0 Å². The number of alkyl halides is 3. The first-order valence-electron chi connectivity index (χ1n) is 9.70. The van der Waals surface area contributed by atoms with Gasteiger partial charge >= 0.3 is 6.18 Å². The number of halogens is 4. The first-order chi connectivity index (χ1) is 14.8. The van der Waals surface area contributed by atoms with Gasteiger partial charge in [0.25, 0.3) is 5.91 Å². The summed E-state index contributed by atoms with van der Waals surface area (Å²) in [7, 11) is 0. The minimum absolute atomic E-state index is 0.275. The third-order valence-electron chi connectivity index (χ3n) is 5.07. The quantitative estimate of drug-likeness (QED) is 0.443. The third-order valence-corrected chi connectivity index (χ3v) is 5.32. The number of hydrogen-bond donors (Lipinski definition) is 1. The van der Waals surface area contributed by atoms with E-state index in [1.165, 1.54) is 23.0 Å². The number of carbonyl (C=O) groups excluding carboxylic acids is 1. The molecule has 0 saturated heterocycles. The highest BCUT2D eigenvalue weighted by Crippen LogP contribution is 2.36. The van der Waals surface area contributed by atoms with Crippen molar-refractivity contribution in [2.24, 2.45) is 5.10 Å². The molecule has 1 aliphatic rings. The topological polar surface area (TPSA) is 59.3 Å². The zero-order chi connectivity index (χ0) is 22.0. The summed E-state index contributed by atoms with van der Waals surface area (Å²) >= 11 is 5.82. The molecule has 0 spiro atoms. The number of aromatic nitrogens is 2. The second-order valence-corrected chi connectivity index (χ2v) is 7.62. The van der Waals surface area contributed by atoms with Crippen molar-refractivity contribution in [2.45, 2.75) is 31.9 Å². The molecule has 1 aromatic heterocycles. The van der Waals surface area contributed by atoms with Gasteiger partial charge < -0.3 is 0 Å². The highest BCUT2D eigenvalue weighted by Gasteiger charge is 2.39. The van der Waals surface area contributed by atoms with E-state index in [0.29, 0.717) is 34.8 Å². The van der Waals surface area contributed by atoms with E-state index in [2.05, 4.69) is 15.6 Å². The number of amides is 1. The molecular weight excluding hydrogens is 429 g/mol. The maximum atomic E-state index is 13.4. The lowest BCUT2D eigenvalue weighted by molar-refractivity contribution is -0.142. The Morgan fingerprint density at radius 3 is 2.42 bits per heavy atom. The smallest absolute Gasteiger partial charge is 0.267 e. The molecule has 0 bridgehead atoms. The summed E-state index contributed by atoms with van der Waals surface area (Å²) in [5.41, 5.74) is 4.04. The molecule has 4 rings (SSSR count). The molecule has 1 amide bonds. The maximum absolute atomic E-state index is 13.4. The fourth-order valence-corrected chi connectivity index (χ4v) is 3.70. The average molecular weight is 447 g/mol. The van der Waals surface area contributed by atoms with Crippen LogP contribution in [-0.2, 0) is 19.0 Å². The van der Waals surface area contributed by atoms with Crippen LogP contribution in [0.25, 0.3) is 5.69 Å². The van der Waals surface area contributed by atoms with Gasteiger partial charge in [0.2, 0.25) is 0 Å². The van der Waals surface area contributed by atoms with Gasteiger partial charge in [-0.15, -0.1) is 0 Å². The Morgan fingerprint density at radius 1 is 1.06 bits per heavy atom. The van der Waals surface area contributed by atoms with Gasteiger partial charge in [0.1, 0.15) is 0 Å². The first-order valence-corrected chi connectivity index (χ1v) is 10.1. The van der Waals surface area contributed by atoms with Crippen LogP contribution in [0.15, 0.2) is 53.6 Å². The minimum atomic E-state index is -4.49. The molecule has 0 unspecified atom stereocenters. The van der Waals surface area contributed by atoms with E-state index in [-0.39, 0.29) is 5.56 Å². The van der Waals surface area contributed by atoms with Gasteiger partial charge in [0.15, 0.2) is 5.69 Å². The van der Waals surface area contributed by atoms with Crippen molar-refractivity contribution in [3.05, 3.63) is 81.6 Å². The first kappa shape index (κ1) is 21.1. The highest BCUT2D eigenvalue weighted by atomic mass is 35.5. The number of hydrogen-bond acceptors (Lipinski definition) is 3. The number of carbonyl (C=O) groups is 1. The largest absolute Gasteiger partial charge is 0.435 e. The van der Waals surface area contributed by atoms with Crippen LogP contribution in [-0.4, -0.2) is 21.9 Å². The van der Waals surface area contributed by atoms with Gasteiger partial charge in [0, 0.05) is 21.8 Å². The predicted molar refractivity (Wildman–Crippen MR) is 112 cm³/mol. The molecule has 1 aliphatic carbocycles. The van der Waals surface area contributed by atoms with Crippen molar-refractivity contribution in [3.8, 4) is 5.69 Å². The standard InChI is InChI=1S/C22H18ClF3N4O/c23-16-9-5-14(6-10-16)13-27-28-21(31)15-7-11-17(12-8-15)30-19-4-2-1-3-18(19)20(29-30)22(24,25)26/h5-13H,1-4H2,(H,28,31)/b27-13+. The molecule has 0 aliphatic heterocycles. The average Bonchev–Trinajstić information content (AvgIpc) is 3.15. The molecule has 1 heterocycles. The number of nitrogens with zero attached hydrogens (tertiary/aromatic N) is 3. The summed E-state index contributed by atoms with van der Waals surface area (Å²) in [6.07, 6.45) is -0.554. The normalized spacial score (nSPS) is 13.9. The lowest BCUT2D eigenvalue weighted by atomic mass is 9.95. The lowest BCUT2D eigenvalue weighted by Gasteiger charge is -2.14.